The Bertz CT molecular complexity index is 736. The fraction of sp³-hybridized carbons (Fsp3) is 0.111. The zero-order valence-electron chi connectivity index (χ0n) is 10.8. The molecule has 1 heterocycles. The van der Waals surface area contributed by atoms with E-state index in [2.05, 4.69) is 48.6 Å². The average molecular weight is 279 g/mol. The number of carbonyl (C=O) groups excluding carboxylic acids is 2. The van der Waals surface area contributed by atoms with E-state index in [1.165, 1.54) is 34.1 Å². The number of carbonyl (C=O) groups is 2. The molecule has 1 N–H and O–H groups in total. The van der Waals surface area contributed by atoms with Crippen molar-refractivity contribution in [1.29, 1.82) is 0 Å². The van der Waals surface area contributed by atoms with E-state index in [0.717, 1.165) is 6.42 Å². The van der Waals surface area contributed by atoms with E-state index >= 15 is 0 Å². The van der Waals surface area contributed by atoms with E-state index in [1.54, 1.807) is 0 Å². The van der Waals surface area contributed by atoms with Gasteiger partial charge in [0.25, 0.3) is 11.8 Å². The van der Waals surface area contributed by atoms with Crippen molar-refractivity contribution in [2.24, 2.45) is 0 Å². The third kappa shape index (κ3) is 3.08. The minimum Gasteiger partial charge on any atom is -0.289 e. The highest BCUT2D eigenvalue weighted by molar-refractivity contribution is 6.12. The number of allylic oxidation sites excluding steroid dienone is 1. The van der Waals surface area contributed by atoms with Gasteiger partial charge >= 0.3 is 0 Å². The molecule has 0 bridgehead atoms. The zero-order chi connectivity index (χ0) is 13.9. The van der Waals surface area contributed by atoms with Gasteiger partial charge in [0.15, 0.2) is 0 Å². The highest BCUT2D eigenvalue weighted by Crippen LogP contribution is 2.27. The maximum Gasteiger partial charge on any atom is 0.250 e. The fourth-order valence-electron chi connectivity index (χ4n) is 2.43. The van der Waals surface area contributed by atoms with Gasteiger partial charge < -0.3 is 0 Å². The van der Waals surface area contributed by atoms with E-state index < -0.39 is 0 Å². The number of rotatable bonds is 0. The highest BCUT2D eigenvalue weighted by Gasteiger charge is 2.07. The summed E-state index contributed by atoms with van der Waals surface area (Å²) in [7, 11) is 0. The van der Waals surface area contributed by atoms with Crippen molar-refractivity contribution in [1.82, 2.24) is 5.32 Å². The smallest absolute Gasteiger partial charge is 0.250 e. The molecule has 4 rings (SSSR count). The molecule has 0 radical (unpaired) electrons. The van der Waals surface area contributed by atoms with Crippen LogP contribution in [0.1, 0.15) is 18.6 Å². The lowest BCUT2D eigenvalue weighted by Crippen LogP contribution is -2.19. The van der Waals surface area contributed by atoms with Crippen LogP contribution >= 0.6 is 0 Å². The van der Waals surface area contributed by atoms with Gasteiger partial charge in [0, 0.05) is 12.2 Å². The Morgan fingerprint density at radius 2 is 1.52 bits per heavy atom. The maximum atomic E-state index is 10.0. The molecule has 2 aromatic carbocycles. The summed E-state index contributed by atoms with van der Waals surface area (Å²) in [6.45, 7) is 0. The number of nitrogens with one attached hydrogen (secondary N) is 1. The Hall–Kier alpha value is -2.68. The molecule has 2 aromatic rings. The monoisotopic (exact) mass is 279 g/mol. The molecule has 1 aliphatic heterocycles. The van der Waals surface area contributed by atoms with Crippen LogP contribution in [-0.2, 0) is 16.0 Å². The molecule has 2 aliphatic rings. The lowest BCUT2D eigenvalue weighted by atomic mass is 9.93. The molecule has 0 saturated carbocycles. The summed E-state index contributed by atoms with van der Waals surface area (Å²) in [6.07, 6.45) is 7.92. The Morgan fingerprint density at radius 3 is 2.14 bits per heavy atom. The van der Waals surface area contributed by atoms with Crippen LogP contribution in [0.25, 0.3) is 16.8 Å². The van der Waals surface area contributed by atoms with Gasteiger partial charge in [-0.15, -0.1) is 0 Å². The summed E-state index contributed by atoms with van der Waals surface area (Å²) in [5.74, 6) is -0.657. The molecule has 106 valence electrons. The van der Waals surface area contributed by atoms with Gasteiger partial charge in [-0.25, -0.2) is 0 Å². The van der Waals surface area contributed by atoms with Crippen molar-refractivity contribution in [3.05, 3.63) is 65.8 Å². The topological polar surface area (TPSA) is 46.2 Å². The third-order valence-electron chi connectivity index (χ3n) is 3.29. The molecule has 21 heavy (non-hydrogen) atoms. The van der Waals surface area contributed by atoms with E-state index in [0.29, 0.717) is 0 Å². The second-order valence-electron chi connectivity index (χ2n) is 4.66. The molecule has 1 aliphatic carbocycles. The maximum absolute atomic E-state index is 10.0. The summed E-state index contributed by atoms with van der Waals surface area (Å²) in [5, 5.41) is 4.83. The molecule has 2 amide bonds. The normalized spacial score (nSPS) is 14.3. The number of hydrogen-bond acceptors (Lipinski definition) is 2. The molecule has 0 aromatic heterocycles. The van der Waals surface area contributed by atoms with Gasteiger partial charge in [-0.1, -0.05) is 56.0 Å². The number of hydrogen-bond donors (Lipinski definition) is 1. The van der Waals surface area contributed by atoms with E-state index in [4.69, 9.17) is 0 Å². The molecular formula is C18H17NO2. The van der Waals surface area contributed by atoms with Gasteiger partial charge in [0.1, 0.15) is 0 Å². The molecule has 0 saturated heterocycles. The zero-order valence-corrected chi connectivity index (χ0v) is 10.8. The first-order chi connectivity index (χ1) is 9.74. The summed E-state index contributed by atoms with van der Waals surface area (Å²) in [4.78, 5) is 20.1. The average Bonchev–Trinajstić information content (AvgIpc) is 2.84. The molecule has 0 atom stereocenters. The molecule has 3 heteroatoms. The Balaban J connectivity index is 0.000000174. The van der Waals surface area contributed by atoms with Crippen molar-refractivity contribution < 1.29 is 9.59 Å². The van der Waals surface area contributed by atoms with Crippen LogP contribution in [0, 0.1) is 0 Å². The van der Waals surface area contributed by atoms with Crippen molar-refractivity contribution in [3.63, 3.8) is 0 Å². The predicted octanol–water partition coefficient (Wildman–Crippen LogP) is 3.24. The molecule has 3 nitrogen and oxygen atoms in total. The predicted molar refractivity (Wildman–Crippen MR) is 85.7 cm³/mol. The van der Waals surface area contributed by atoms with Crippen LogP contribution in [-0.4, -0.2) is 11.8 Å². The van der Waals surface area contributed by atoms with Crippen LogP contribution in [0.3, 0.4) is 0 Å². The van der Waals surface area contributed by atoms with Gasteiger partial charge in [0.2, 0.25) is 0 Å². The summed E-state index contributed by atoms with van der Waals surface area (Å²) >= 11 is 0. The molecule has 0 fully saturated rings. The lowest BCUT2D eigenvalue weighted by Gasteiger charge is -2.11. The Kier molecular flexibility index (Phi) is 4.33. The summed E-state index contributed by atoms with van der Waals surface area (Å²) in [6, 6.07) is 13.0. The molecule has 0 unspecified atom stereocenters. The summed E-state index contributed by atoms with van der Waals surface area (Å²) in [5.41, 5.74) is 2.81. The minimum absolute atomic E-state index is 0. The second kappa shape index (κ2) is 6.18. The first-order valence-electron chi connectivity index (χ1n) is 6.44. The number of imide groups is 1. The highest BCUT2D eigenvalue weighted by atomic mass is 16.2. The van der Waals surface area contributed by atoms with Crippen molar-refractivity contribution in [2.45, 2.75) is 13.8 Å². The second-order valence-corrected chi connectivity index (χ2v) is 4.66. The minimum atomic E-state index is -0.329. The van der Waals surface area contributed by atoms with Gasteiger partial charge in [-0.05, 0) is 28.3 Å². The van der Waals surface area contributed by atoms with Crippen LogP contribution < -0.4 is 5.32 Å². The van der Waals surface area contributed by atoms with Crippen LogP contribution in [0.2, 0.25) is 0 Å². The van der Waals surface area contributed by atoms with Crippen molar-refractivity contribution in [2.75, 3.05) is 0 Å². The molecule has 0 spiro atoms. The number of amides is 2. The van der Waals surface area contributed by atoms with E-state index in [1.807, 2.05) is 5.32 Å². The number of benzene rings is 2. The quantitative estimate of drug-likeness (QED) is 0.752. The van der Waals surface area contributed by atoms with Crippen LogP contribution in [0.4, 0.5) is 0 Å². The van der Waals surface area contributed by atoms with Gasteiger partial charge in [-0.2, -0.15) is 0 Å². The van der Waals surface area contributed by atoms with Crippen LogP contribution in [0.15, 0.2) is 54.6 Å². The van der Waals surface area contributed by atoms with Crippen LogP contribution in [0.5, 0.6) is 0 Å². The lowest BCUT2D eigenvalue weighted by molar-refractivity contribution is -0.123. The fourth-order valence-corrected chi connectivity index (χ4v) is 2.43. The van der Waals surface area contributed by atoms with E-state index in [-0.39, 0.29) is 19.2 Å². The van der Waals surface area contributed by atoms with Gasteiger partial charge in [-0.3, -0.25) is 14.9 Å². The Labute approximate surface area is 124 Å². The molecular weight excluding hydrogens is 262 g/mol. The first-order valence-corrected chi connectivity index (χ1v) is 6.44. The largest absolute Gasteiger partial charge is 0.289 e. The van der Waals surface area contributed by atoms with Crippen molar-refractivity contribution in [3.8, 4) is 0 Å². The van der Waals surface area contributed by atoms with E-state index in [9.17, 15) is 9.59 Å². The summed E-state index contributed by atoms with van der Waals surface area (Å²) < 4.78 is 0. The third-order valence-corrected chi connectivity index (χ3v) is 3.29. The Morgan fingerprint density at radius 1 is 0.857 bits per heavy atom. The first kappa shape index (κ1) is 14.7. The SMILES string of the molecule is C.C1=Cc2cccc3cccc(c23)C1.O=C1C=CC(=O)N1. The standard InChI is InChI=1S/C13H10.C4H3NO2.CH4/c1-4-10-6-2-8-12-9-3-7-11(5-1)13(10)12;6-3-1-2-4(7)5-3;/h1-8H,9H2;1-2H,(H,5,6,7);1H4. The van der Waals surface area contributed by atoms with Crippen molar-refractivity contribution >= 4 is 28.7 Å². The van der Waals surface area contributed by atoms with Gasteiger partial charge in [0.05, 0.1) is 0 Å².